The molecule has 6 N–H and O–H groups in total. The number of hydrogen-bond acceptors (Lipinski definition) is 6. The van der Waals surface area contributed by atoms with Gasteiger partial charge in [0.05, 0.1) is 13.2 Å². The SMILES string of the molecule is OC[C](O)C(O)C(O)C(O)CO. The Labute approximate surface area is 69.3 Å². The molecule has 0 heterocycles. The first kappa shape index (κ1) is 11.8. The standard InChI is InChI=1S/C6H13O6/c7-1-3(9)5(11)6(12)4(10)2-8/h3,5-12H,1-2H2. The van der Waals surface area contributed by atoms with Crippen molar-refractivity contribution in [2.75, 3.05) is 13.2 Å². The van der Waals surface area contributed by atoms with Gasteiger partial charge in [-0.15, -0.1) is 0 Å². The highest BCUT2D eigenvalue weighted by atomic mass is 16.4. The summed E-state index contributed by atoms with van der Waals surface area (Å²) in [4.78, 5) is 0. The number of rotatable bonds is 5. The second-order valence-corrected chi connectivity index (χ2v) is 2.33. The first-order valence-corrected chi connectivity index (χ1v) is 3.35. The highest BCUT2D eigenvalue weighted by molar-refractivity contribution is 4.91. The zero-order chi connectivity index (χ0) is 9.72. The fourth-order valence-corrected chi connectivity index (χ4v) is 0.609. The van der Waals surface area contributed by atoms with Crippen LogP contribution < -0.4 is 0 Å². The van der Waals surface area contributed by atoms with Crippen molar-refractivity contribution < 1.29 is 30.6 Å². The van der Waals surface area contributed by atoms with Crippen molar-refractivity contribution in [2.45, 2.75) is 18.3 Å². The first-order valence-electron chi connectivity index (χ1n) is 3.35. The molecule has 6 nitrogen and oxygen atoms in total. The number of hydrogen-bond donors (Lipinski definition) is 6. The molecule has 0 aromatic carbocycles. The molecule has 0 spiro atoms. The average molecular weight is 181 g/mol. The van der Waals surface area contributed by atoms with Gasteiger partial charge in [0.25, 0.3) is 0 Å². The van der Waals surface area contributed by atoms with Gasteiger partial charge in [0.15, 0.2) is 0 Å². The minimum atomic E-state index is -1.75. The Morgan fingerprint density at radius 3 is 1.92 bits per heavy atom. The predicted octanol–water partition coefficient (Wildman–Crippen LogP) is -3.04. The maximum atomic E-state index is 8.94. The Bertz CT molecular complexity index is 105. The fraction of sp³-hybridized carbons (Fsp3) is 0.833. The van der Waals surface area contributed by atoms with E-state index in [-0.39, 0.29) is 0 Å². The number of aliphatic hydroxyl groups is 6. The van der Waals surface area contributed by atoms with Gasteiger partial charge >= 0.3 is 0 Å². The van der Waals surface area contributed by atoms with Crippen LogP contribution in [-0.2, 0) is 0 Å². The molecule has 0 saturated heterocycles. The van der Waals surface area contributed by atoms with Gasteiger partial charge in [0, 0.05) is 0 Å². The molecule has 0 bridgehead atoms. The molecule has 0 aliphatic carbocycles. The van der Waals surface area contributed by atoms with Crippen molar-refractivity contribution >= 4 is 0 Å². The second kappa shape index (κ2) is 5.41. The molecular formula is C6H13O6. The van der Waals surface area contributed by atoms with Gasteiger partial charge in [-0.05, 0) is 0 Å². The zero-order valence-corrected chi connectivity index (χ0v) is 6.33. The monoisotopic (exact) mass is 181 g/mol. The molecule has 12 heavy (non-hydrogen) atoms. The topological polar surface area (TPSA) is 121 Å². The van der Waals surface area contributed by atoms with E-state index in [1.54, 1.807) is 0 Å². The summed E-state index contributed by atoms with van der Waals surface area (Å²) in [6.07, 6.45) is -5.76. The Balaban J connectivity index is 3.99. The molecule has 0 aliphatic rings. The summed E-state index contributed by atoms with van der Waals surface area (Å²) in [6, 6.07) is 0. The van der Waals surface area contributed by atoms with E-state index in [9.17, 15) is 0 Å². The van der Waals surface area contributed by atoms with Crippen LogP contribution in [-0.4, -0.2) is 62.2 Å². The van der Waals surface area contributed by atoms with E-state index in [4.69, 9.17) is 30.6 Å². The molecule has 3 unspecified atom stereocenters. The second-order valence-electron chi connectivity index (χ2n) is 2.33. The van der Waals surface area contributed by atoms with E-state index in [0.29, 0.717) is 0 Å². The molecule has 0 fully saturated rings. The van der Waals surface area contributed by atoms with Gasteiger partial charge in [0.1, 0.15) is 24.4 Å². The summed E-state index contributed by atoms with van der Waals surface area (Å²) in [6.45, 7) is -1.55. The Kier molecular flexibility index (Phi) is 5.31. The summed E-state index contributed by atoms with van der Waals surface area (Å²) in [7, 11) is 0. The Morgan fingerprint density at radius 2 is 1.58 bits per heavy atom. The molecule has 0 aromatic heterocycles. The van der Waals surface area contributed by atoms with Crippen LogP contribution in [0.5, 0.6) is 0 Å². The summed E-state index contributed by atoms with van der Waals surface area (Å²) in [5.74, 6) is 0. The lowest BCUT2D eigenvalue weighted by Gasteiger charge is -2.23. The van der Waals surface area contributed by atoms with Crippen molar-refractivity contribution in [1.82, 2.24) is 0 Å². The van der Waals surface area contributed by atoms with Gasteiger partial charge in [-0.25, -0.2) is 0 Å². The van der Waals surface area contributed by atoms with Crippen LogP contribution in [0.4, 0.5) is 0 Å². The molecule has 0 saturated carbocycles. The van der Waals surface area contributed by atoms with Crippen LogP contribution in [0.2, 0.25) is 0 Å². The molecule has 0 aliphatic heterocycles. The summed E-state index contributed by atoms with van der Waals surface area (Å²) in [5, 5.41) is 52.0. The average Bonchev–Trinajstić information content (AvgIpc) is 2.12. The van der Waals surface area contributed by atoms with Crippen molar-refractivity contribution in [1.29, 1.82) is 0 Å². The van der Waals surface area contributed by atoms with Crippen molar-refractivity contribution in [3.8, 4) is 0 Å². The Morgan fingerprint density at radius 1 is 1.08 bits per heavy atom. The van der Waals surface area contributed by atoms with Gasteiger partial charge in [-0.2, -0.15) is 0 Å². The van der Waals surface area contributed by atoms with Crippen LogP contribution in [0, 0.1) is 6.10 Å². The highest BCUT2D eigenvalue weighted by Crippen LogP contribution is 2.09. The first-order chi connectivity index (χ1) is 5.54. The molecular weight excluding hydrogens is 168 g/mol. The highest BCUT2D eigenvalue weighted by Gasteiger charge is 2.30. The van der Waals surface area contributed by atoms with Gasteiger partial charge in [-0.1, -0.05) is 0 Å². The minimum absolute atomic E-state index is 0.739. The molecule has 3 atom stereocenters. The van der Waals surface area contributed by atoms with E-state index in [0.717, 1.165) is 0 Å². The van der Waals surface area contributed by atoms with Gasteiger partial charge < -0.3 is 30.6 Å². The lowest BCUT2D eigenvalue weighted by Crippen LogP contribution is -2.43. The summed E-state index contributed by atoms with van der Waals surface area (Å²) < 4.78 is 0. The molecule has 0 rings (SSSR count). The molecule has 1 radical (unpaired) electrons. The van der Waals surface area contributed by atoms with Gasteiger partial charge in [-0.3, -0.25) is 0 Å². The van der Waals surface area contributed by atoms with E-state index in [1.165, 1.54) is 0 Å². The van der Waals surface area contributed by atoms with Crippen molar-refractivity contribution in [2.24, 2.45) is 0 Å². The quantitative estimate of drug-likeness (QED) is 0.268. The van der Waals surface area contributed by atoms with Crippen LogP contribution in [0.15, 0.2) is 0 Å². The van der Waals surface area contributed by atoms with Crippen molar-refractivity contribution in [3.05, 3.63) is 6.10 Å². The van der Waals surface area contributed by atoms with Crippen molar-refractivity contribution in [3.63, 3.8) is 0 Å². The third-order valence-corrected chi connectivity index (χ3v) is 1.41. The third-order valence-electron chi connectivity index (χ3n) is 1.41. The van der Waals surface area contributed by atoms with Crippen LogP contribution >= 0.6 is 0 Å². The smallest absolute Gasteiger partial charge is 0.149 e. The molecule has 6 heteroatoms. The lowest BCUT2D eigenvalue weighted by atomic mass is 10.0. The zero-order valence-electron chi connectivity index (χ0n) is 6.33. The largest absolute Gasteiger partial charge is 0.394 e. The normalized spacial score (nSPS) is 19.2. The summed E-state index contributed by atoms with van der Waals surface area (Å²) in [5.41, 5.74) is 0. The van der Waals surface area contributed by atoms with Crippen LogP contribution in [0.25, 0.3) is 0 Å². The van der Waals surface area contributed by atoms with E-state index in [1.807, 2.05) is 0 Å². The lowest BCUT2D eigenvalue weighted by molar-refractivity contribution is -0.0931. The Hall–Kier alpha value is -0.240. The van der Waals surface area contributed by atoms with E-state index >= 15 is 0 Å². The minimum Gasteiger partial charge on any atom is -0.394 e. The van der Waals surface area contributed by atoms with Crippen LogP contribution in [0.3, 0.4) is 0 Å². The fourth-order valence-electron chi connectivity index (χ4n) is 0.609. The molecule has 0 aromatic rings. The maximum absolute atomic E-state index is 8.94. The molecule has 0 amide bonds. The van der Waals surface area contributed by atoms with Crippen LogP contribution in [0.1, 0.15) is 0 Å². The maximum Gasteiger partial charge on any atom is 0.149 e. The van der Waals surface area contributed by atoms with E-state index < -0.39 is 37.6 Å². The molecule has 73 valence electrons. The van der Waals surface area contributed by atoms with Gasteiger partial charge in [0.2, 0.25) is 0 Å². The number of aliphatic hydroxyl groups excluding tert-OH is 6. The predicted molar refractivity (Wildman–Crippen MR) is 37.4 cm³/mol. The third kappa shape index (κ3) is 3.02. The van der Waals surface area contributed by atoms with E-state index in [2.05, 4.69) is 0 Å². The summed E-state index contributed by atoms with van der Waals surface area (Å²) >= 11 is 0.